The number of hydrogen-bond acceptors (Lipinski definition) is 4. The van der Waals surface area contributed by atoms with Crippen molar-refractivity contribution >= 4 is 17.4 Å². The first-order valence-electron chi connectivity index (χ1n) is 6.96. The molecular weight excluding hydrogens is 304 g/mol. The molecule has 0 aromatic heterocycles. The van der Waals surface area contributed by atoms with Crippen molar-refractivity contribution in [3.05, 3.63) is 64.7 Å². The molecule has 1 aliphatic rings. The van der Waals surface area contributed by atoms with Crippen LogP contribution in [0.15, 0.2) is 36.4 Å². The predicted octanol–water partition coefficient (Wildman–Crippen LogP) is 3.49. The van der Waals surface area contributed by atoms with Gasteiger partial charge in [0, 0.05) is 12.1 Å². The van der Waals surface area contributed by atoms with Crippen LogP contribution in [0.4, 0.5) is 14.5 Å². The third-order valence-corrected chi connectivity index (χ3v) is 3.78. The molecule has 0 unspecified atom stereocenters. The molecule has 0 spiro atoms. The third-order valence-electron chi connectivity index (χ3n) is 3.78. The van der Waals surface area contributed by atoms with Crippen LogP contribution < -0.4 is 5.32 Å². The van der Waals surface area contributed by atoms with Gasteiger partial charge >= 0.3 is 5.97 Å². The van der Waals surface area contributed by atoms with E-state index in [4.69, 9.17) is 0 Å². The number of nitrogens with one attached hydrogen (secondary N) is 1. The highest BCUT2D eigenvalue weighted by Crippen LogP contribution is 2.35. The van der Waals surface area contributed by atoms with Gasteiger partial charge in [0.15, 0.2) is 5.78 Å². The van der Waals surface area contributed by atoms with Gasteiger partial charge in [0.1, 0.15) is 11.6 Å². The average Bonchev–Trinajstić information content (AvgIpc) is 2.53. The van der Waals surface area contributed by atoms with E-state index in [0.29, 0.717) is 5.56 Å². The molecule has 0 amide bonds. The minimum absolute atomic E-state index is 0.0776. The molecule has 1 atom stereocenters. The van der Waals surface area contributed by atoms with Crippen LogP contribution in [0, 0.1) is 11.6 Å². The number of carbonyl (C=O) groups excluding carboxylic acids is 2. The normalized spacial score (nSPS) is 16.5. The fourth-order valence-electron chi connectivity index (χ4n) is 2.71. The van der Waals surface area contributed by atoms with Gasteiger partial charge in [-0.15, -0.1) is 0 Å². The van der Waals surface area contributed by atoms with Crippen LogP contribution in [-0.2, 0) is 4.74 Å². The summed E-state index contributed by atoms with van der Waals surface area (Å²) in [5, 5.41) is 3.03. The first-order chi connectivity index (χ1) is 11.0. The van der Waals surface area contributed by atoms with Crippen molar-refractivity contribution in [3.8, 4) is 0 Å². The summed E-state index contributed by atoms with van der Waals surface area (Å²) in [4.78, 5) is 24.2. The molecule has 6 heteroatoms. The summed E-state index contributed by atoms with van der Waals surface area (Å²) in [6.07, 6.45) is 0.0776. The molecule has 23 heavy (non-hydrogen) atoms. The van der Waals surface area contributed by atoms with Gasteiger partial charge in [-0.05, 0) is 29.8 Å². The van der Waals surface area contributed by atoms with Crippen LogP contribution in [0.25, 0.3) is 0 Å². The van der Waals surface area contributed by atoms with Gasteiger partial charge in [-0.25, -0.2) is 13.6 Å². The topological polar surface area (TPSA) is 55.4 Å². The van der Waals surface area contributed by atoms with E-state index in [0.717, 1.165) is 12.1 Å². The number of carbonyl (C=O) groups is 2. The lowest BCUT2D eigenvalue weighted by Gasteiger charge is -2.27. The number of esters is 1. The summed E-state index contributed by atoms with van der Waals surface area (Å²) in [7, 11) is 1.17. The van der Waals surface area contributed by atoms with Crippen LogP contribution in [0.3, 0.4) is 0 Å². The minimum atomic E-state index is -0.767. The summed E-state index contributed by atoms with van der Waals surface area (Å²) >= 11 is 0. The Balaban J connectivity index is 2.03. The lowest BCUT2D eigenvalue weighted by Crippen LogP contribution is -2.25. The van der Waals surface area contributed by atoms with E-state index >= 15 is 0 Å². The number of benzene rings is 2. The molecule has 0 aliphatic carbocycles. The molecule has 1 N–H and O–H groups in total. The van der Waals surface area contributed by atoms with Crippen molar-refractivity contribution in [2.45, 2.75) is 12.5 Å². The van der Waals surface area contributed by atoms with Crippen LogP contribution in [0.5, 0.6) is 0 Å². The lowest BCUT2D eigenvalue weighted by atomic mass is 9.89. The minimum Gasteiger partial charge on any atom is -0.465 e. The Morgan fingerprint density at radius 1 is 1.17 bits per heavy atom. The number of methoxy groups -OCH3 is 1. The number of rotatable bonds is 2. The molecule has 4 nitrogen and oxygen atoms in total. The monoisotopic (exact) mass is 317 g/mol. The summed E-state index contributed by atoms with van der Waals surface area (Å²) in [6, 6.07) is 7.45. The van der Waals surface area contributed by atoms with Gasteiger partial charge in [-0.3, -0.25) is 4.79 Å². The lowest BCUT2D eigenvalue weighted by molar-refractivity contribution is 0.0596. The highest BCUT2D eigenvalue weighted by molar-refractivity contribution is 6.11. The fraction of sp³-hybridized carbons (Fsp3) is 0.176. The third kappa shape index (κ3) is 2.79. The van der Waals surface area contributed by atoms with E-state index in [-0.39, 0.29) is 34.8 Å². The number of ether oxygens (including phenoxy) is 1. The Hall–Kier alpha value is -2.76. The van der Waals surface area contributed by atoms with Gasteiger partial charge in [0.25, 0.3) is 0 Å². The van der Waals surface area contributed by atoms with Gasteiger partial charge in [0.2, 0.25) is 0 Å². The van der Waals surface area contributed by atoms with Crippen LogP contribution in [-0.4, -0.2) is 18.9 Å². The molecule has 1 heterocycles. The number of anilines is 1. The Morgan fingerprint density at radius 3 is 2.52 bits per heavy atom. The number of hydrogen-bond donors (Lipinski definition) is 1. The van der Waals surface area contributed by atoms with Crippen LogP contribution in [0.2, 0.25) is 0 Å². The Labute approximate surface area is 131 Å². The zero-order valence-electron chi connectivity index (χ0n) is 12.2. The second-order valence-corrected chi connectivity index (χ2v) is 5.24. The number of fused-ring (bicyclic) bond motifs is 1. The maximum atomic E-state index is 13.8. The van der Waals surface area contributed by atoms with Crippen molar-refractivity contribution in [1.29, 1.82) is 0 Å². The highest BCUT2D eigenvalue weighted by atomic mass is 19.1. The maximum Gasteiger partial charge on any atom is 0.338 e. The van der Waals surface area contributed by atoms with Crippen molar-refractivity contribution in [1.82, 2.24) is 0 Å². The summed E-state index contributed by atoms with van der Waals surface area (Å²) in [6.45, 7) is 0. The van der Waals surface area contributed by atoms with Crippen LogP contribution in [0.1, 0.15) is 38.7 Å². The van der Waals surface area contributed by atoms with Crippen LogP contribution >= 0.6 is 0 Å². The first-order valence-corrected chi connectivity index (χ1v) is 6.96. The first kappa shape index (κ1) is 15.1. The molecule has 3 rings (SSSR count). The second-order valence-electron chi connectivity index (χ2n) is 5.24. The van der Waals surface area contributed by atoms with Gasteiger partial charge in [0.05, 0.1) is 24.3 Å². The fourth-order valence-corrected chi connectivity index (χ4v) is 2.71. The number of Topliss-reactive ketones (excluding diaryl/α,β-unsaturated/α-hetero) is 1. The average molecular weight is 317 g/mol. The van der Waals surface area contributed by atoms with Crippen molar-refractivity contribution in [3.63, 3.8) is 0 Å². The quantitative estimate of drug-likeness (QED) is 0.862. The van der Waals surface area contributed by atoms with Crippen molar-refractivity contribution in [2.24, 2.45) is 0 Å². The summed E-state index contributed by atoms with van der Waals surface area (Å²) < 4.78 is 31.4. The van der Waals surface area contributed by atoms with Crippen molar-refractivity contribution in [2.75, 3.05) is 12.4 Å². The summed E-state index contributed by atoms with van der Waals surface area (Å²) in [5.41, 5.74) is 0.958. The number of ketones is 1. The Bertz CT molecular complexity index is 787. The van der Waals surface area contributed by atoms with Gasteiger partial charge < -0.3 is 10.1 Å². The molecular formula is C17H13F2NO3. The largest absolute Gasteiger partial charge is 0.465 e. The zero-order valence-corrected chi connectivity index (χ0v) is 12.2. The smallest absolute Gasteiger partial charge is 0.338 e. The van der Waals surface area contributed by atoms with Gasteiger partial charge in [-0.2, -0.15) is 0 Å². The molecule has 2 aromatic rings. The van der Waals surface area contributed by atoms with E-state index in [1.54, 1.807) is 12.1 Å². The molecule has 0 fully saturated rings. The molecule has 0 saturated heterocycles. The molecule has 2 aromatic carbocycles. The van der Waals surface area contributed by atoms with E-state index < -0.39 is 17.8 Å². The highest BCUT2D eigenvalue weighted by Gasteiger charge is 2.31. The predicted molar refractivity (Wildman–Crippen MR) is 79.5 cm³/mol. The van der Waals surface area contributed by atoms with E-state index in [1.165, 1.54) is 19.2 Å². The number of halogens is 2. The van der Waals surface area contributed by atoms with Gasteiger partial charge in [-0.1, -0.05) is 12.1 Å². The maximum absolute atomic E-state index is 13.8. The zero-order chi connectivity index (χ0) is 16.6. The molecule has 0 saturated carbocycles. The standard InChI is InChI=1S/C17H13F2NO3/c1-23-17(22)12-6-11(19)7-14-16(12)15(21)8-13(20-14)9-2-4-10(18)5-3-9/h2-7,13,20H,8H2,1H3/t13-/m0/s1. The second kappa shape index (κ2) is 5.79. The molecule has 118 valence electrons. The molecule has 0 radical (unpaired) electrons. The molecule has 1 aliphatic heterocycles. The molecule has 0 bridgehead atoms. The van der Waals surface area contributed by atoms with E-state index in [9.17, 15) is 18.4 Å². The Morgan fingerprint density at radius 2 is 1.87 bits per heavy atom. The summed E-state index contributed by atoms with van der Waals surface area (Å²) in [5.74, 6) is -2.09. The van der Waals surface area contributed by atoms with E-state index in [2.05, 4.69) is 10.1 Å². The van der Waals surface area contributed by atoms with Crippen molar-refractivity contribution < 1.29 is 23.1 Å². The van der Waals surface area contributed by atoms with E-state index in [1.807, 2.05) is 0 Å². The SMILES string of the molecule is COC(=O)c1cc(F)cc2c1C(=O)C[C@@H](c1ccc(F)cc1)N2. The Kier molecular flexibility index (Phi) is 3.82.